The largest absolute Gasteiger partial charge is 0.347 e. The smallest absolute Gasteiger partial charge is 0.330 e. The molecule has 0 aliphatic carbocycles. The first-order valence-electron chi connectivity index (χ1n) is 8.11. The Balaban J connectivity index is 1.71. The van der Waals surface area contributed by atoms with Crippen LogP contribution in [-0.2, 0) is 20.6 Å². The SMILES string of the molecule is Cc1csc(N2CCCN(Cc3cc(=O)n(C)c(=O)n3C)CC2)n1. The lowest BCUT2D eigenvalue weighted by Crippen LogP contribution is -2.40. The highest BCUT2D eigenvalue weighted by Crippen LogP contribution is 2.21. The summed E-state index contributed by atoms with van der Waals surface area (Å²) in [6.45, 7) is 6.37. The van der Waals surface area contributed by atoms with Crippen molar-refractivity contribution in [2.24, 2.45) is 14.1 Å². The first kappa shape index (κ1) is 16.9. The molecular formula is C16H23N5O2S. The summed E-state index contributed by atoms with van der Waals surface area (Å²) in [5, 5.41) is 3.16. The van der Waals surface area contributed by atoms with Crippen LogP contribution in [0.25, 0.3) is 0 Å². The number of aryl methyl sites for hydroxylation is 1. The molecule has 2 aromatic rings. The molecule has 0 spiro atoms. The van der Waals surface area contributed by atoms with E-state index in [0.29, 0.717) is 6.54 Å². The Morgan fingerprint density at radius 3 is 2.62 bits per heavy atom. The first-order chi connectivity index (χ1) is 11.5. The molecule has 1 aliphatic heterocycles. The third kappa shape index (κ3) is 3.44. The minimum atomic E-state index is -0.271. The molecular weight excluding hydrogens is 326 g/mol. The van der Waals surface area contributed by atoms with Gasteiger partial charge in [0.1, 0.15) is 0 Å². The number of hydrogen-bond donors (Lipinski definition) is 0. The number of anilines is 1. The van der Waals surface area contributed by atoms with E-state index >= 15 is 0 Å². The maximum Gasteiger partial charge on any atom is 0.330 e. The summed E-state index contributed by atoms with van der Waals surface area (Å²) in [5.74, 6) is 0. The second-order valence-electron chi connectivity index (χ2n) is 6.26. The average Bonchev–Trinajstić information content (AvgIpc) is 2.85. The van der Waals surface area contributed by atoms with Crippen LogP contribution in [0.1, 0.15) is 17.8 Å². The molecule has 0 bridgehead atoms. The molecule has 0 N–H and O–H groups in total. The molecule has 130 valence electrons. The number of hydrogen-bond acceptors (Lipinski definition) is 6. The highest BCUT2D eigenvalue weighted by Gasteiger charge is 2.18. The minimum Gasteiger partial charge on any atom is -0.347 e. The van der Waals surface area contributed by atoms with Crippen molar-refractivity contribution in [3.8, 4) is 0 Å². The van der Waals surface area contributed by atoms with E-state index in [1.165, 1.54) is 7.05 Å². The predicted octanol–water partition coefficient (Wildman–Crippen LogP) is 0.561. The molecule has 0 atom stereocenters. The van der Waals surface area contributed by atoms with E-state index < -0.39 is 0 Å². The Hall–Kier alpha value is -1.93. The average molecular weight is 349 g/mol. The standard InChI is InChI=1S/C16H23N5O2S/c1-12-11-24-15(17-12)21-6-4-5-20(7-8-21)10-13-9-14(22)19(3)16(23)18(13)2/h9,11H,4-8,10H2,1-3H3. The van der Waals surface area contributed by atoms with E-state index in [-0.39, 0.29) is 11.2 Å². The van der Waals surface area contributed by atoms with Gasteiger partial charge in [-0.05, 0) is 13.3 Å². The summed E-state index contributed by atoms with van der Waals surface area (Å²) in [5.41, 5.74) is 1.31. The molecule has 3 heterocycles. The molecule has 3 rings (SSSR count). The quantitative estimate of drug-likeness (QED) is 0.810. The molecule has 2 aromatic heterocycles. The maximum atomic E-state index is 12.1. The van der Waals surface area contributed by atoms with Crippen molar-refractivity contribution in [3.05, 3.63) is 43.7 Å². The van der Waals surface area contributed by atoms with Crippen molar-refractivity contribution in [3.63, 3.8) is 0 Å². The van der Waals surface area contributed by atoms with Gasteiger partial charge in [-0.1, -0.05) is 0 Å². The predicted molar refractivity (Wildman–Crippen MR) is 95.9 cm³/mol. The fraction of sp³-hybridized carbons (Fsp3) is 0.562. The maximum absolute atomic E-state index is 12.1. The van der Waals surface area contributed by atoms with Gasteiger partial charge < -0.3 is 4.90 Å². The molecule has 1 saturated heterocycles. The van der Waals surface area contributed by atoms with Crippen molar-refractivity contribution in [2.75, 3.05) is 31.1 Å². The number of nitrogens with zero attached hydrogens (tertiary/aromatic N) is 5. The van der Waals surface area contributed by atoms with Gasteiger partial charge in [0.2, 0.25) is 0 Å². The zero-order chi connectivity index (χ0) is 17.3. The Bertz CT molecular complexity index is 838. The van der Waals surface area contributed by atoms with E-state index in [0.717, 1.165) is 53.7 Å². The van der Waals surface area contributed by atoms with Crippen LogP contribution in [0.3, 0.4) is 0 Å². The van der Waals surface area contributed by atoms with Crippen LogP contribution in [0.2, 0.25) is 0 Å². The molecule has 1 fully saturated rings. The van der Waals surface area contributed by atoms with E-state index in [1.54, 1.807) is 29.0 Å². The highest BCUT2D eigenvalue weighted by molar-refractivity contribution is 7.13. The van der Waals surface area contributed by atoms with Crippen LogP contribution in [-0.4, -0.2) is 45.2 Å². The second kappa shape index (κ2) is 6.90. The van der Waals surface area contributed by atoms with Gasteiger partial charge in [0.25, 0.3) is 5.56 Å². The normalized spacial score (nSPS) is 16.4. The van der Waals surface area contributed by atoms with Gasteiger partial charge in [-0.3, -0.25) is 18.8 Å². The molecule has 0 saturated carbocycles. The molecule has 7 nitrogen and oxygen atoms in total. The van der Waals surface area contributed by atoms with Crippen LogP contribution in [0, 0.1) is 6.92 Å². The fourth-order valence-corrected chi connectivity index (χ4v) is 3.82. The zero-order valence-corrected chi connectivity index (χ0v) is 15.2. The molecule has 8 heteroatoms. The number of aromatic nitrogens is 3. The summed E-state index contributed by atoms with van der Waals surface area (Å²) in [6, 6.07) is 1.56. The Labute approximate surface area is 144 Å². The van der Waals surface area contributed by atoms with Crippen LogP contribution in [0.5, 0.6) is 0 Å². The Morgan fingerprint density at radius 1 is 1.12 bits per heavy atom. The lowest BCUT2D eigenvalue weighted by Gasteiger charge is -2.22. The van der Waals surface area contributed by atoms with Crippen molar-refractivity contribution in [1.29, 1.82) is 0 Å². The molecule has 0 aromatic carbocycles. The van der Waals surface area contributed by atoms with Crippen LogP contribution < -0.4 is 16.1 Å². The fourth-order valence-electron chi connectivity index (χ4n) is 2.97. The lowest BCUT2D eigenvalue weighted by atomic mass is 10.3. The Morgan fingerprint density at radius 2 is 1.92 bits per heavy atom. The van der Waals surface area contributed by atoms with E-state index in [1.807, 2.05) is 6.92 Å². The molecule has 24 heavy (non-hydrogen) atoms. The van der Waals surface area contributed by atoms with Crippen molar-refractivity contribution < 1.29 is 0 Å². The Kier molecular flexibility index (Phi) is 4.86. The van der Waals surface area contributed by atoms with Gasteiger partial charge in [0.05, 0.1) is 5.69 Å². The molecule has 0 radical (unpaired) electrons. The van der Waals surface area contributed by atoms with E-state index in [2.05, 4.69) is 20.2 Å². The first-order valence-corrected chi connectivity index (χ1v) is 8.99. The monoisotopic (exact) mass is 349 g/mol. The van der Waals surface area contributed by atoms with Crippen LogP contribution in [0.15, 0.2) is 21.0 Å². The van der Waals surface area contributed by atoms with Crippen molar-refractivity contribution >= 4 is 16.5 Å². The van der Waals surface area contributed by atoms with Crippen LogP contribution in [0.4, 0.5) is 5.13 Å². The van der Waals surface area contributed by atoms with E-state index in [9.17, 15) is 9.59 Å². The third-order valence-electron chi connectivity index (χ3n) is 4.48. The number of rotatable bonds is 3. The van der Waals surface area contributed by atoms with Gasteiger partial charge in [0, 0.05) is 64.0 Å². The van der Waals surface area contributed by atoms with Crippen LogP contribution >= 0.6 is 11.3 Å². The molecule has 1 aliphatic rings. The van der Waals surface area contributed by atoms with Crippen molar-refractivity contribution in [2.45, 2.75) is 19.9 Å². The highest BCUT2D eigenvalue weighted by atomic mass is 32.1. The lowest BCUT2D eigenvalue weighted by molar-refractivity contribution is 0.277. The summed E-state index contributed by atoms with van der Waals surface area (Å²) in [7, 11) is 3.23. The summed E-state index contributed by atoms with van der Waals surface area (Å²) < 4.78 is 2.70. The number of thiazole rings is 1. The molecule has 0 unspecified atom stereocenters. The van der Waals surface area contributed by atoms with Gasteiger partial charge in [-0.2, -0.15) is 0 Å². The van der Waals surface area contributed by atoms with E-state index in [4.69, 9.17) is 0 Å². The zero-order valence-electron chi connectivity index (χ0n) is 14.4. The van der Waals surface area contributed by atoms with Crippen molar-refractivity contribution in [1.82, 2.24) is 19.0 Å². The summed E-state index contributed by atoms with van der Waals surface area (Å²) >= 11 is 1.69. The topological polar surface area (TPSA) is 63.4 Å². The minimum absolute atomic E-state index is 0.247. The summed E-state index contributed by atoms with van der Waals surface area (Å²) in [6.07, 6.45) is 1.04. The second-order valence-corrected chi connectivity index (χ2v) is 7.10. The third-order valence-corrected chi connectivity index (χ3v) is 5.50. The summed E-state index contributed by atoms with van der Waals surface area (Å²) in [4.78, 5) is 33.1. The van der Waals surface area contributed by atoms with Gasteiger partial charge in [-0.15, -0.1) is 11.3 Å². The van der Waals surface area contributed by atoms with Gasteiger partial charge >= 0.3 is 5.69 Å². The molecule has 0 amide bonds. The van der Waals surface area contributed by atoms with Gasteiger partial charge in [-0.25, -0.2) is 9.78 Å². The van der Waals surface area contributed by atoms with Gasteiger partial charge in [0.15, 0.2) is 5.13 Å².